The second-order valence-electron chi connectivity index (χ2n) is 8.26. The van der Waals surface area contributed by atoms with Crippen molar-refractivity contribution in [1.29, 1.82) is 0 Å². The van der Waals surface area contributed by atoms with Crippen LogP contribution in [-0.2, 0) is 4.79 Å². The Kier molecular flexibility index (Phi) is 6.16. The number of hydrogen-bond acceptors (Lipinski definition) is 3. The molecule has 0 atom stereocenters. The third-order valence-corrected chi connectivity index (χ3v) is 6.44. The number of carbonyl (C=O) groups excluding carboxylic acids is 2. The lowest BCUT2D eigenvalue weighted by Gasteiger charge is -2.35. The molecule has 7 heteroatoms. The van der Waals surface area contributed by atoms with Crippen LogP contribution in [0, 0.1) is 13.8 Å². The lowest BCUT2D eigenvalue weighted by molar-refractivity contribution is -0.131. The second kappa shape index (κ2) is 8.82. The van der Waals surface area contributed by atoms with E-state index in [-0.39, 0.29) is 11.8 Å². The average Bonchev–Trinajstić information content (AvgIpc) is 3.36. The summed E-state index contributed by atoms with van der Waals surface area (Å²) in [6.07, 6.45) is 2.23. The van der Waals surface area contributed by atoms with Crippen molar-refractivity contribution in [3.63, 3.8) is 0 Å². The van der Waals surface area contributed by atoms with Crippen molar-refractivity contribution >= 4 is 23.4 Å². The predicted octanol–water partition coefficient (Wildman–Crippen LogP) is 3.13. The predicted molar refractivity (Wildman–Crippen MR) is 118 cm³/mol. The number of rotatable bonds is 4. The van der Waals surface area contributed by atoms with Crippen LogP contribution in [0.1, 0.15) is 34.6 Å². The Balaban J connectivity index is 1.41. The monoisotopic (exact) mass is 428 g/mol. The molecule has 160 valence electrons. The largest absolute Gasteiger partial charge is 0.342 e. The van der Waals surface area contributed by atoms with Gasteiger partial charge in [0.25, 0.3) is 5.91 Å². The molecule has 0 unspecified atom stereocenters. The van der Waals surface area contributed by atoms with Crippen molar-refractivity contribution in [2.45, 2.75) is 26.7 Å². The van der Waals surface area contributed by atoms with E-state index in [0.29, 0.717) is 24.7 Å². The standard InChI is InChI=1S/C23H29ClN4O2/c1-17-14-21(18(2)28(17)20-7-5-6-19(24)15-20)23(30)27-12-10-25(11-13-27)16-22(29)26-8-3-4-9-26/h5-7,14-15H,3-4,8-13,16H2,1-2H3. The lowest BCUT2D eigenvalue weighted by Crippen LogP contribution is -2.51. The van der Waals surface area contributed by atoms with E-state index in [1.165, 1.54) is 0 Å². The number of halogens is 1. The Hall–Kier alpha value is -2.31. The summed E-state index contributed by atoms with van der Waals surface area (Å²) in [6, 6.07) is 9.63. The van der Waals surface area contributed by atoms with Crippen LogP contribution < -0.4 is 0 Å². The zero-order valence-corrected chi connectivity index (χ0v) is 18.5. The topological polar surface area (TPSA) is 48.8 Å². The third kappa shape index (κ3) is 4.25. The van der Waals surface area contributed by atoms with Crippen LogP contribution in [-0.4, -0.2) is 76.9 Å². The van der Waals surface area contributed by atoms with Gasteiger partial charge in [0.05, 0.1) is 12.1 Å². The summed E-state index contributed by atoms with van der Waals surface area (Å²) in [4.78, 5) is 31.6. The summed E-state index contributed by atoms with van der Waals surface area (Å²) in [5.74, 6) is 0.277. The highest BCUT2D eigenvalue weighted by Gasteiger charge is 2.27. The fraction of sp³-hybridized carbons (Fsp3) is 0.478. The minimum absolute atomic E-state index is 0.0573. The highest BCUT2D eigenvalue weighted by molar-refractivity contribution is 6.30. The number of aryl methyl sites for hydroxylation is 1. The molecule has 0 aliphatic carbocycles. The van der Waals surface area contributed by atoms with Gasteiger partial charge in [-0.2, -0.15) is 0 Å². The molecule has 2 saturated heterocycles. The maximum atomic E-state index is 13.2. The first-order valence-electron chi connectivity index (χ1n) is 10.7. The normalized spacial score (nSPS) is 17.6. The minimum Gasteiger partial charge on any atom is -0.342 e. The maximum Gasteiger partial charge on any atom is 0.255 e. The first-order chi connectivity index (χ1) is 14.4. The molecule has 0 saturated carbocycles. The summed E-state index contributed by atoms with van der Waals surface area (Å²) in [7, 11) is 0. The molecule has 2 aliphatic rings. The van der Waals surface area contributed by atoms with Gasteiger partial charge in [-0.3, -0.25) is 14.5 Å². The summed E-state index contributed by atoms with van der Waals surface area (Å²) in [5, 5.41) is 0.674. The van der Waals surface area contributed by atoms with Crippen LogP contribution in [0.2, 0.25) is 5.02 Å². The van der Waals surface area contributed by atoms with Gasteiger partial charge in [-0.15, -0.1) is 0 Å². The van der Waals surface area contributed by atoms with Gasteiger partial charge in [-0.25, -0.2) is 0 Å². The summed E-state index contributed by atoms with van der Waals surface area (Å²) < 4.78 is 2.07. The average molecular weight is 429 g/mol. The van der Waals surface area contributed by atoms with E-state index in [0.717, 1.165) is 61.7 Å². The molecule has 0 bridgehead atoms. The van der Waals surface area contributed by atoms with E-state index in [4.69, 9.17) is 11.6 Å². The van der Waals surface area contributed by atoms with Gasteiger partial charge in [0.2, 0.25) is 5.91 Å². The smallest absolute Gasteiger partial charge is 0.255 e. The van der Waals surface area contributed by atoms with E-state index in [1.807, 2.05) is 54.0 Å². The van der Waals surface area contributed by atoms with E-state index in [1.54, 1.807) is 0 Å². The molecule has 30 heavy (non-hydrogen) atoms. The highest BCUT2D eigenvalue weighted by atomic mass is 35.5. The zero-order chi connectivity index (χ0) is 21.3. The Bertz CT molecular complexity index is 941. The van der Waals surface area contributed by atoms with Crippen molar-refractivity contribution in [2.75, 3.05) is 45.8 Å². The van der Waals surface area contributed by atoms with Crippen LogP contribution >= 0.6 is 11.6 Å². The number of aromatic nitrogens is 1. The van der Waals surface area contributed by atoms with E-state index in [2.05, 4.69) is 9.47 Å². The number of likely N-dealkylation sites (tertiary alicyclic amines) is 1. The number of piperazine rings is 1. The molecule has 1 aromatic heterocycles. The number of carbonyl (C=O) groups is 2. The first kappa shape index (κ1) is 20.9. The van der Waals surface area contributed by atoms with Gasteiger partial charge in [0.1, 0.15) is 0 Å². The van der Waals surface area contributed by atoms with Crippen molar-refractivity contribution in [2.24, 2.45) is 0 Å². The molecule has 4 rings (SSSR count). The van der Waals surface area contributed by atoms with Crippen LogP contribution in [0.25, 0.3) is 5.69 Å². The molecule has 3 heterocycles. The Morgan fingerprint density at radius 3 is 2.30 bits per heavy atom. The van der Waals surface area contributed by atoms with Gasteiger partial charge < -0.3 is 14.4 Å². The van der Waals surface area contributed by atoms with Gasteiger partial charge in [-0.1, -0.05) is 17.7 Å². The van der Waals surface area contributed by atoms with Crippen molar-refractivity contribution in [3.05, 3.63) is 52.3 Å². The Morgan fingerprint density at radius 1 is 0.933 bits per heavy atom. The number of nitrogens with zero attached hydrogens (tertiary/aromatic N) is 4. The molecule has 2 fully saturated rings. The van der Waals surface area contributed by atoms with Crippen LogP contribution in [0.4, 0.5) is 0 Å². The van der Waals surface area contributed by atoms with E-state index >= 15 is 0 Å². The fourth-order valence-electron chi connectivity index (χ4n) is 4.53. The van der Waals surface area contributed by atoms with Crippen LogP contribution in [0.5, 0.6) is 0 Å². The van der Waals surface area contributed by atoms with E-state index < -0.39 is 0 Å². The molecule has 1 aromatic carbocycles. The maximum absolute atomic E-state index is 13.2. The number of amides is 2. The minimum atomic E-state index is 0.0573. The summed E-state index contributed by atoms with van der Waals surface area (Å²) in [5.41, 5.74) is 3.62. The summed E-state index contributed by atoms with van der Waals surface area (Å²) in [6.45, 7) is 8.99. The molecule has 0 spiro atoms. The SMILES string of the molecule is Cc1cc(C(=O)N2CCN(CC(=O)N3CCCC3)CC2)c(C)n1-c1cccc(Cl)c1. The van der Waals surface area contributed by atoms with Crippen LogP contribution in [0.15, 0.2) is 30.3 Å². The fourth-order valence-corrected chi connectivity index (χ4v) is 4.71. The van der Waals surface area contributed by atoms with Gasteiger partial charge >= 0.3 is 0 Å². The van der Waals surface area contributed by atoms with Gasteiger partial charge in [0, 0.05) is 61.4 Å². The van der Waals surface area contributed by atoms with E-state index in [9.17, 15) is 9.59 Å². The Labute approximate surface area is 183 Å². The second-order valence-corrected chi connectivity index (χ2v) is 8.69. The number of benzene rings is 1. The summed E-state index contributed by atoms with van der Waals surface area (Å²) >= 11 is 6.16. The van der Waals surface area contributed by atoms with Crippen molar-refractivity contribution in [3.8, 4) is 5.69 Å². The molecule has 6 nitrogen and oxygen atoms in total. The third-order valence-electron chi connectivity index (χ3n) is 6.21. The quantitative estimate of drug-likeness (QED) is 0.751. The Morgan fingerprint density at radius 2 is 1.63 bits per heavy atom. The molecule has 2 aliphatic heterocycles. The van der Waals surface area contributed by atoms with Crippen molar-refractivity contribution < 1.29 is 9.59 Å². The van der Waals surface area contributed by atoms with Gasteiger partial charge in [0.15, 0.2) is 0 Å². The zero-order valence-electron chi connectivity index (χ0n) is 17.7. The molecule has 0 radical (unpaired) electrons. The molecule has 2 aromatic rings. The lowest BCUT2D eigenvalue weighted by atomic mass is 10.2. The number of hydrogen-bond donors (Lipinski definition) is 0. The highest BCUT2D eigenvalue weighted by Crippen LogP contribution is 2.24. The molecular weight excluding hydrogens is 400 g/mol. The van der Waals surface area contributed by atoms with Gasteiger partial charge in [-0.05, 0) is 51.0 Å². The van der Waals surface area contributed by atoms with Crippen molar-refractivity contribution in [1.82, 2.24) is 19.3 Å². The van der Waals surface area contributed by atoms with Crippen LogP contribution in [0.3, 0.4) is 0 Å². The molecule has 2 amide bonds. The molecule has 0 N–H and O–H groups in total. The first-order valence-corrected chi connectivity index (χ1v) is 11.1. The molecular formula is C23H29ClN4O2.